The van der Waals surface area contributed by atoms with E-state index in [1.807, 2.05) is 12.3 Å². The summed E-state index contributed by atoms with van der Waals surface area (Å²) in [5, 5.41) is 10.6. The van der Waals surface area contributed by atoms with E-state index in [0.29, 0.717) is 6.04 Å². The lowest BCUT2D eigenvalue weighted by Gasteiger charge is -2.41. The van der Waals surface area contributed by atoms with Gasteiger partial charge in [0.25, 0.3) is 0 Å². The molecule has 0 unspecified atom stereocenters. The molecule has 0 bridgehead atoms. The van der Waals surface area contributed by atoms with Crippen LogP contribution in [0.5, 0.6) is 0 Å². The second-order valence-electron chi connectivity index (χ2n) is 7.62. The molecule has 2 heterocycles. The van der Waals surface area contributed by atoms with Gasteiger partial charge in [0.15, 0.2) is 0 Å². The van der Waals surface area contributed by atoms with Crippen LogP contribution < -0.4 is 0 Å². The smallest absolute Gasteiger partial charge is 0.123 e. The first-order valence-electron chi connectivity index (χ1n) is 9.73. The standard InChI is InChI=1S/C21H31N3OS/c1-17(2)8-10-24-12-11-23(15-19(24)9-13-25)16-20-14-22-21(26-20)18-6-4-3-5-7-18/h3-7,14,17,19,25H,8-13,15-16H2,1-2H3/t19-/m1/s1. The van der Waals surface area contributed by atoms with E-state index in [1.54, 1.807) is 11.3 Å². The molecule has 0 aliphatic carbocycles. The number of hydrogen-bond donors (Lipinski definition) is 1. The molecule has 1 aromatic carbocycles. The van der Waals surface area contributed by atoms with Crippen molar-refractivity contribution in [2.45, 2.75) is 39.3 Å². The van der Waals surface area contributed by atoms with Crippen LogP contribution in [0.25, 0.3) is 10.6 Å². The second kappa shape index (κ2) is 9.60. The Morgan fingerprint density at radius 1 is 1.23 bits per heavy atom. The van der Waals surface area contributed by atoms with Crippen molar-refractivity contribution in [3.63, 3.8) is 0 Å². The first kappa shape index (κ1) is 19.5. The highest BCUT2D eigenvalue weighted by Crippen LogP contribution is 2.26. The summed E-state index contributed by atoms with van der Waals surface area (Å²) in [6, 6.07) is 10.9. The molecule has 0 amide bonds. The normalized spacial score (nSPS) is 19.3. The zero-order valence-electron chi connectivity index (χ0n) is 16.0. The van der Waals surface area contributed by atoms with Crippen LogP contribution in [0.4, 0.5) is 0 Å². The predicted octanol–water partition coefficient (Wildman–Crippen LogP) is 3.72. The van der Waals surface area contributed by atoms with Gasteiger partial charge in [-0.05, 0) is 25.3 Å². The van der Waals surface area contributed by atoms with Gasteiger partial charge >= 0.3 is 0 Å². The van der Waals surface area contributed by atoms with E-state index in [9.17, 15) is 5.11 Å². The molecule has 3 rings (SSSR count). The van der Waals surface area contributed by atoms with Gasteiger partial charge in [-0.2, -0.15) is 0 Å². The Bertz CT molecular complexity index is 658. The van der Waals surface area contributed by atoms with Gasteiger partial charge in [0.1, 0.15) is 5.01 Å². The van der Waals surface area contributed by atoms with E-state index in [1.165, 1.54) is 16.9 Å². The molecular weight excluding hydrogens is 342 g/mol. The molecule has 1 aliphatic heterocycles. The van der Waals surface area contributed by atoms with Gasteiger partial charge < -0.3 is 5.11 Å². The Morgan fingerprint density at radius 3 is 2.77 bits per heavy atom. The average molecular weight is 374 g/mol. The van der Waals surface area contributed by atoms with Crippen molar-refractivity contribution in [3.8, 4) is 10.6 Å². The Labute approximate surface area is 161 Å². The fraction of sp³-hybridized carbons (Fsp3) is 0.571. The highest BCUT2D eigenvalue weighted by atomic mass is 32.1. The first-order chi connectivity index (χ1) is 12.7. The lowest BCUT2D eigenvalue weighted by atomic mass is 10.1. The number of aromatic nitrogens is 1. The molecular formula is C21H31N3OS. The lowest BCUT2D eigenvalue weighted by molar-refractivity contribution is 0.0528. The van der Waals surface area contributed by atoms with Crippen LogP contribution in [0.1, 0.15) is 31.6 Å². The summed E-state index contributed by atoms with van der Waals surface area (Å²) in [6.45, 7) is 10.2. The topological polar surface area (TPSA) is 39.6 Å². The van der Waals surface area contributed by atoms with Crippen LogP contribution in [0.2, 0.25) is 0 Å². The van der Waals surface area contributed by atoms with Crippen LogP contribution >= 0.6 is 11.3 Å². The summed E-state index contributed by atoms with van der Waals surface area (Å²) < 4.78 is 0. The predicted molar refractivity (Wildman–Crippen MR) is 109 cm³/mol. The molecule has 1 aliphatic rings. The van der Waals surface area contributed by atoms with E-state index in [4.69, 9.17) is 0 Å². The van der Waals surface area contributed by atoms with E-state index >= 15 is 0 Å². The van der Waals surface area contributed by atoms with Gasteiger partial charge in [-0.15, -0.1) is 11.3 Å². The maximum atomic E-state index is 9.47. The fourth-order valence-electron chi connectivity index (χ4n) is 3.56. The number of benzene rings is 1. The molecule has 1 N–H and O–H groups in total. The fourth-order valence-corrected chi connectivity index (χ4v) is 4.52. The molecule has 0 spiro atoms. The summed E-state index contributed by atoms with van der Waals surface area (Å²) in [7, 11) is 0. The van der Waals surface area contributed by atoms with E-state index in [2.05, 4.69) is 52.9 Å². The highest BCUT2D eigenvalue weighted by molar-refractivity contribution is 7.15. The average Bonchev–Trinajstić information content (AvgIpc) is 3.10. The molecule has 1 atom stereocenters. The van der Waals surface area contributed by atoms with Crippen molar-refractivity contribution in [2.75, 3.05) is 32.8 Å². The summed E-state index contributed by atoms with van der Waals surface area (Å²) in [6.07, 6.45) is 4.13. The number of nitrogens with zero attached hydrogens (tertiary/aromatic N) is 3. The third-order valence-electron chi connectivity index (χ3n) is 5.10. The molecule has 26 heavy (non-hydrogen) atoms. The molecule has 1 aromatic heterocycles. The number of aliphatic hydroxyl groups is 1. The zero-order valence-corrected chi connectivity index (χ0v) is 16.8. The lowest BCUT2D eigenvalue weighted by Crippen LogP contribution is -2.53. The van der Waals surface area contributed by atoms with Crippen LogP contribution in [-0.4, -0.2) is 58.7 Å². The van der Waals surface area contributed by atoms with Crippen molar-refractivity contribution in [1.82, 2.24) is 14.8 Å². The van der Waals surface area contributed by atoms with Gasteiger partial charge in [0, 0.05) is 55.5 Å². The van der Waals surface area contributed by atoms with Crippen molar-refractivity contribution in [2.24, 2.45) is 5.92 Å². The van der Waals surface area contributed by atoms with Gasteiger partial charge in [-0.25, -0.2) is 4.98 Å². The summed E-state index contributed by atoms with van der Waals surface area (Å²) >= 11 is 1.79. The molecule has 1 fully saturated rings. The monoisotopic (exact) mass is 373 g/mol. The third kappa shape index (κ3) is 5.36. The summed E-state index contributed by atoms with van der Waals surface area (Å²) in [5.41, 5.74) is 1.19. The van der Waals surface area contributed by atoms with E-state index in [0.717, 1.165) is 50.1 Å². The number of thiazole rings is 1. The van der Waals surface area contributed by atoms with Crippen LogP contribution in [0, 0.1) is 5.92 Å². The number of hydrogen-bond acceptors (Lipinski definition) is 5. The van der Waals surface area contributed by atoms with Crippen LogP contribution in [0.3, 0.4) is 0 Å². The Hall–Kier alpha value is -1.27. The van der Waals surface area contributed by atoms with Gasteiger partial charge in [0.2, 0.25) is 0 Å². The van der Waals surface area contributed by atoms with Gasteiger partial charge in [0.05, 0.1) is 0 Å². The van der Waals surface area contributed by atoms with Gasteiger partial charge in [-0.1, -0.05) is 44.2 Å². The van der Waals surface area contributed by atoms with Crippen molar-refractivity contribution < 1.29 is 5.11 Å². The number of aliphatic hydroxyl groups excluding tert-OH is 1. The maximum Gasteiger partial charge on any atom is 0.123 e. The molecule has 0 radical (unpaired) electrons. The molecule has 5 heteroatoms. The molecule has 0 saturated carbocycles. The van der Waals surface area contributed by atoms with Crippen molar-refractivity contribution >= 4 is 11.3 Å². The molecule has 142 valence electrons. The number of piperazine rings is 1. The second-order valence-corrected chi connectivity index (χ2v) is 8.73. The molecule has 1 saturated heterocycles. The quantitative estimate of drug-likeness (QED) is 0.765. The van der Waals surface area contributed by atoms with Crippen LogP contribution in [0.15, 0.2) is 36.5 Å². The third-order valence-corrected chi connectivity index (χ3v) is 6.13. The minimum absolute atomic E-state index is 0.273. The van der Waals surface area contributed by atoms with Crippen LogP contribution in [-0.2, 0) is 6.54 Å². The molecule has 4 nitrogen and oxygen atoms in total. The Balaban J connectivity index is 1.58. The zero-order chi connectivity index (χ0) is 18.4. The minimum Gasteiger partial charge on any atom is -0.396 e. The largest absolute Gasteiger partial charge is 0.396 e. The highest BCUT2D eigenvalue weighted by Gasteiger charge is 2.26. The Kier molecular flexibility index (Phi) is 7.20. The maximum absolute atomic E-state index is 9.47. The minimum atomic E-state index is 0.273. The molecule has 2 aromatic rings. The van der Waals surface area contributed by atoms with Crippen molar-refractivity contribution in [3.05, 3.63) is 41.4 Å². The first-order valence-corrected chi connectivity index (χ1v) is 10.5. The number of rotatable bonds is 8. The van der Waals surface area contributed by atoms with Crippen molar-refractivity contribution in [1.29, 1.82) is 0 Å². The van der Waals surface area contributed by atoms with E-state index in [-0.39, 0.29) is 6.61 Å². The van der Waals surface area contributed by atoms with Gasteiger partial charge in [-0.3, -0.25) is 9.80 Å². The van der Waals surface area contributed by atoms with E-state index < -0.39 is 0 Å². The summed E-state index contributed by atoms with van der Waals surface area (Å²) in [4.78, 5) is 11.0. The summed E-state index contributed by atoms with van der Waals surface area (Å²) in [5.74, 6) is 0.733. The SMILES string of the molecule is CC(C)CCN1CCN(Cc2cnc(-c3ccccc3)s2)C[C@H]1CCO. The Morgan fingerprint density at radius 2 is 2.04 bits per heavy atom.